The monoisotopic (exact) mass is 465 g/mol. The van der Waals surface area contributed by atoms with Crippen LogP contribution in [0, 0.1) is 0 Å². The summed E-state index contributed by atoms with van der Waals surface area (Å²) in [6.07, 6.45) is 2.69. The first-order valence-corrected chi connectivity index (χ1v) is 11.2. The van der Waals surface area contributed by atoms with Crippen molar-refractivity contribution in [3.05, 3.63) is 72.6 Å². The maximum atomic E-state index is 6.03. The Morgan fingerprint density at radius 2 is 1.73 bits per heavy atom. The summed E-state index contributed by atoms with van der Waals surface area (Å²) in [7, 11) is 0. The number of nitrogens with zero attached hydrogens (tertiary/aromatic N) is 3. The number of anilines is 1. The minimum absolute atomic E-state index is 0. The van der Waals surface area contributed by atoms with Crippen molar-refractivity contribution in [2.45, 2.75) is 45.8 Å². The van der Waals surface area contributed by atoms with Gasteiger partial charge < -0.3 is 20.4 Å². The van der Waals surface area contributed by atoms with Crippen LogP contribution >= 0.6 is 12.4 Å². The normalized spacial score (nSPS) is 11.9. The smallest absolute Gasteiger partial charge is 0.217 e. The SMILES string of the molecule is CC[C@@H](N)COc1cc(NCc2ccc(-c3ccccc3)cc2)c2ncn(C(C)C)c2n1.Cl. The molecule has 7 heteroatoms. The molecule has 6 nitrogen and oxygen atoms in total. The highest BCUT2D eigenvalue weighted by atomic mass is 35.5. The maximum Gasteiger partial charge on any atom is 0.217 e. The Balaban J connectivity index is 0.00000306. The topological polar surface area (TPSA) is 78.0 Å². The van der Waals surface area contributed by atoms with E-state index in [1.54, 1.807) is 0 Å². The van der Waals surface area contributed by atoms with Gasteiger partial charge in [-0.15, -0.1) is 12.4 Å². The molecule has 1 atom stereocenters. The number of nitrogens with one attached hydrogen (secondary N) is 1. The van der Waals surface area contributed by atoms with Gasteiger partial charge in [-0.2, -0.15) is 4.98 Å². The van der Waals surface area contributed by atoms with Crippen molar-refractivity contribution in [3.63, 3.8) is 0 Å². The molecule has 2 heterocycles. The summed E-state index contributed by atoms with van der Waals surface area (Å²) in [4.78, 5) is 9.32. The number of imidazole rings is 1. The second-order valence-corrected chi connectivity index (χ2v) is 8.32. The van der Waals surface area contributed by atoms with E-state index in [9.17, 15) is 0 Å². The van der Waals surface area contributed by atoms with E-state index >= 15 is 0 Å². The lowest BCUT2D eigenvalue weighted by atomic mass is 10.0. The molecule has 174 valence electrons. The van der Waals surface area contributed by atoms with Crippen LogP contribution < -0.4 is 15.8 Å². The maximum absolute atomic E-state index is 6.03. The minimum atomic E-state index is -0.0120. The Labute approximate surface area is 201 Å². The third kappa shape index (κ3) is 5.83. The van der Waals surface area contributed by atoms with Gasteiger partial charge in [-0.3, -0.25) is 0 Å². The summed E-state index contributed by atoms with van der Waals surface area (Å²) in [6, 6.07) is 21.2. The summed E-state index contributed by atoms with van der Waals surface area (Å²) < 4.78 is 7.97. The van der Waals surface area contributed by atoms with Crippen LogP contribution in [0.15, 0.2) is 67.0 Å². The van der Waals surface area contributed by atoms with E-state index < -0.39 is 0 Å². The van der Waals surface area contributed by atoms with Gasteiger partial charge in [-0.05, 0) is 37.0 Å². The number of rotatable bonds is 9. The Morgan fingerprint density at radius 1 is 1.03 bits per heavy atom. The van der Waals surface area contributed by atoms with Crippen LogP contribution in [0.3, 0.4) is 0 Å². The van der Waals surface area contributed by atoms with E-state index in [2.05, 4.69) is 84.2 Å². The Hall–Kier alpha value is -3.09. The molecule has 0 bridgehead atoms. The Kier molecular flexibility index (Phi) is 8.31. The van der Waals surface area contributed by atoms with Crippen LogP contribution in [0.1, 0.15) is 38.8 Å². The number of pyridine rings is 1. The first-order chi connectivity index (χ1) is 15.5. The molecular weight excluding hydrogens is 434 g/mol. The van der Waals surface area contributed by atoms with Crippen LogP contribution in [0.2, 0.25) is 0 Å². The summed E-state index contributed by atoms with van der Waals surface area (Å²) in [5, 5.41) is 3.53. The molecule has 4 aromatic rings. The van der Waals surface area contributed by atoms with Gasteiger partial charge in [0, 0.05) is 24.7 Å². The molecule has 33 heavy (non-hydrogen) atoms. The number of halogens is 1. The number of ether oxygens (including phenoxy) is 1. The van der Waals surface area contributed by atoms with Crippen LogP contribution in [0.25, 0.3) is 22.3 Å². The standard InChI is InChI=1S/C26H31N5O.ClH/c1-4-22(27)16-32-24-14-23(25-26(30-24)31(17-29-25)18(2)3)28-15-19-10-12-21(13-11-19)20-8-6-5-7-9-20;/h5-14,17-18,22H,4,15-16,27H2,1-3H3,(H,28,30);1H/t22-;/m1./s1. The largest absolute Gasteiger partial charge is 0.476 e. The predicted molar refractivity (Wildman–Crippen MR) is 138 cm³/mol. The lowest BCUT2D eigenvalue weighted by Crippen LogP contribution is -2.26. The van der Waals surface area contributed by atoms with Gasteiger partial charge in [-0.1, -0.05) is 61.5 Å². The Bertz CT molecular complexity index is 1160. The molecule has 0 unspecified atom stereocenters. The number of nitrogens with two attached hydrogens (primary N) is 1. The molecule has 4 rings (SSSR count). The number of aromatic nitrogens is 3. The van der Waals surface area contributed by atoms with E-state index in [1.165, 1.54) is 16.7 Å². The molecule has 3 N–H and O–H groups in total. The fourth-order valence-electron chi connectivity index (χ4n) is 3.52. The molecule has 0 aliphatic rings. The zero-order valence-electron chi connectivity index (χ0n) is 19.4. The van der Waals surface area contributed by atoms with E-state index in [-0.39, 0.29) is 24.5 Å². The van der Waals surface area contributed by atoms with Gasteiger partial charge in [0.2, 0.25) is 5.88 Å². The number of hydrogen-bond acceptors (Lipinski definition) is 5. The molecule has 0 aliphatic carbocycles. The van der Waals surface area contributed by atoms with Gasteiger partial charge >= 0.3 is 0 Å². The highest BCUT2D eigenvalue weighted by Crippen LogP contribution is 2.28. The van der Waals surface area contributed by atoms with E-state index in [0.29, 0.717) is 19.0 Å². The predicted octanol–water partition coefficient (Wildman–Crippen LogP) is 5.83. The second kappa shape index (κ2) is 11.2. The molecule has 0 fully saturated rings. The Morgan fingerprint density at radius 3 is 2.39 bits per heavy atom. The number of hydrogen-bond donors (Lipinski definition) is 2. The van der Waals surface area contributed by atoms with Crippen molar-refractivity contribution in [1.29, 1.82) is 0 Å². The summed E-state index contributed by atoms with van der Waals surface area (Å²) >= 11 is 0. The van der Waals surface area contributed by atoms with Crippen LogP contribution in [-0.2, 0) is 6.54 Å². The molecule has 0 saturated carbocycles. The van der Waals surface area contributed by atoms with Crippen LogP contribution in [0.5, 0.6) is 5.88 Å². The zero-order valence-corrected chi connectivity index (χ0v) is 20.2. The lowest BCUT2D eigenvalue weighted by molar-refractivity contribution is 0.276. The van der Waals surface area contributed by atoms with Crippen molar-refractivity contribution >= 4 is 29.3 Å². The highest BCUT2D eigenvalue weighted by Gasteiger charge is 2.15. The average Bonchev–Trinajstić information content (AvgIpc) is 3.26. The first kappa shape index (κ1) is 24.6. The fraction of sp³-hybridized carbons (Fsp3) is 0.308. The molecule has 0 radical (unpaired) electrons. The molecule has 0 saturated heterocycles. The quantitative estimate of drug-likeness (QED) is 0.325. The summed E-state index contributed by atoms with van der Waals surface area (Å²) in [5.74, 6) is 0.561. The molecule has 0 amide bonds. The van der Waals surface area contributed by atoms with E-state index in [0.717, 1.165) is 23.3 Å². The third-order valence-corrected chi connectivity index (χ3v) is 5.58. The minimum Gasteiger partial charge on any atom is -0.476 e. The van der Waals surface area contributed by atoms with Gasteiger partial charge in [0.05, 0.1) is 12.0 Å². The van der Waals surface area contributed by atoms with Crippen molar-refractivity contribution in [3.8, 4) is 17.0 Å². The van der Waals surface area contributed by atoms with Gasteiger partial charge in [0.15, 0.2) is 5.65 Å². The van der Waals surface area contributed by atoms with E-state index in [4.69, 9.17) is 15.5 Å². The highest BCUT2D eigenvalue weighted by molar-refractivity contribution is 5.86. The second-order valence-electron chi connectivity index (χ2n) is 8.32. The van der Waals surface area contributed by atoms with Gasteiger partial charge in [0.25, 0.3) is 0 Å². The number of benzene rings is 2. The lowest BCUT2D eigenvalue weighted by Gasteiger charge is -2.14. The van der Waals surface area contributed by atoms with Crippen molar-refractivity contribution < 1.29 is 4.74 Å². The van der Waals surface area contributed by atoms with Crippen molar-refractivity contribution in [2.24, 2.45) is 5.73 Å². The fourth-order valence-corrected chi connectivity index (χ4v) is 3.52. The summed E-state index contributed by atoms with van der Waals surface area (Å²) in [6.45, 7) is 7.39. The molecule has 0 spiro atoms. The van der Waals surface area contributed by atoms with Crippen molar-refractivity contribution in [1.82, 2.24) is 14.5 Å². The first-order valence-electron chi connectivity index (χ1n) is 11.2. The van der Waals surface area contributed by atoms with Crippen molar-refractivity contribution in [2.75, 3.05) is 11.9 Å². The van der Waals surface area contributed by atoms with Gasteiger partial charge in [-0.25, -0.2) is 4.98 Å². The van der Waals surface area contributed by atoms with E-state index in [1.807, 2.05) is 18.5 Å². The molecule has 0 aliphatic heterocycles. The van der Waals surface area contributed by atoms with Crippen LogP contribution in [0.4, 0.5) is 5.69 Å². The molecule has 2 aromatic carbocycles. The number of fused-ring (bicyclic) bond motifs is 1. The zero-order chi connectivity index (χ0) is 22.5. The summed E-state index contributed by atoms with van der Waals surface area (Å²) in [5.41, 5.74) is 12.2. The van der Waals surface area contributed by atoms with Gasteiger partial charge in [0.1, 0.15) is 12.1 Å². The molecular formula is C26H32ClN5O. The molecule has 2 aromatic heterocycles. The average molecular weight is 466 g/mol. The van der Waals surface area contributed by atoms with Crippen LogP contribution in [-0.4, -0.2) is 27.2 Å². The third-order valence-electron chi connectivity index (χ3n) is 5.58.